The first-order chi connectivity index (χ1) is 17.0. The Morgan fingerprint density at radius 3 is 2.40 bits per heavy atom. The van der Waals surface area contributed by atoms with Crippen molar-refractivity contribution in [1.82, 2.24) is 20.2 Å². The van der Waals surface area contributed by atoms with E-state index >= 15 is 0 Å². The molecule has 0 spiro atoms. The van der Waals surface area contributed by atoms with Gasteiger partial charge in [0.15, 0.2) is 11.5 Å². The van der Waals surface area contributed by atoms with Crippen molar-refractivity contribution >= 4 is 34.3 Å². The van der Waals surface area contributed by atoms with Gasteiger partial charge in [0.25, 0.3) is 5.22 Å². The predicted molar refractivity (Wildman–Crippen MR) is 128 cm³/mol. The van der Waals surface area contributed by atoms with Crippen LogP contribution in [0.5, 0.6) is 17.2 Å². The summed E-state index contributed by atoms with van der Waals surface area (Å²) >= 11 is 1.04. The number of ether oxygens (including phenoxy) is 4. The molecule has 2 heterocycles. The van der Waals surface area contributed by atoms with Gasteiger partial charge in [-0.3, -0.25) is 0 Å². The van der Waals surface area contributed by atoms with E-state index in [0.717, 1.165) is 17.3 Å². The van der Waals surface area contributed by atoms with Crippen molar-refractivity contribution in [2.75, 3.05) is 34.2 Å². The lowest BCUT2D eigenvalue weighted by Crippen LogP contribution is -2.09. The number of aromatic amines is 1. The first-order valence-corrected chi connectivity index (χ1v) is 11.2. The zero-order chi connectivity index (χ0) is 24.9. The number of aliphatic hydroxyl groups excluding tert-OH is 1. The van der Waals surface area contributed by atoms with Crippen molar-refractivity contribution in [2.45, 2.75) is 5.22 Å². The molecule has 182 valence electrons. The summed E-state index contributed by atoms with van der Waals surface area (Å²) in [6, 6.07) is 10.6. The normalized spacial score (nSPS) is 11.8. The first-order valence-electron chi connectivity index (χ1n) is 10.2. The number of methoxy groups -OCH3 is 4. The van der Waals surface area contributed by atoms with Crippen LogP contribution in [0.15, 0.2) is 51.8 Å². The Bertz CT molecular complexity index is 1340. The number of carbonyl (C=O) groups excluding carboxylic acids is 1. The maximum Gasteiger partial charge on any atom is 0.345 e. The Morgan fingerprint density at radius 1 is 1.06 bits per heavy atom. The van der Waals surface area contributed by atoms with E-state index in [9.17, 15) is 9.90 Å². The fraction of sp³-hybridized carbons (Fsp3) is 0.217. The van der Waals surface area contributed by atoms with Crippen LogP contribution in [0.4, 0.5) is 0 Å². The second kappa shape index (κ2) is 10.4. The SMILES string of the molecule is COC(=O)/C(=C(/O)CSc1nnc(-c2cc(OC)c(OC)c(OC)c2)o1)c1nc2ccccc2[nH]1. The van der Waals surface area contributed by atoms with Crippen LogP contribution in [0, 0.1) is 0 Å². The van der Waals surface area contributed by atoms with Crippen molar-refractivity contribution in [3.63, 3.8) is 0 Å². The molecular weight excluding hydrogens is 476 g/mol. The largest absolute Gasteiger partial charge is 0.510 e. The van der Waals surface area contributed by atoms with Crippen LogP contribution in [0.25, 0.3) is 28.1 Å². The van der Waals surface area contributed by atoms with Gasteiger partial charge in [-0.25, -0.2) is 9.78 Å². The number of benzene rings is 2. The second-order valence-electron chi connectivity index (χ2n) is 6.99. The van der Waals surface area contributed by atoms with E-state index < -0.39 is 5.97 Å². The average molecular weight is 499 g/mol. The molecule has 0 aliphatic heterocycles. The fourth-order valence-corrected chi connectivity index (χ4v) is 3.96. The van der Waals surface area contributed by atoms with Crippen LogP contribution < -0.4 is 14.2 Å². The van der Waals surface area contributed by atoms with Gasteiger partial charge in [-0.05, 0) is 24.3 Å². The van der Waals surface area contributed by atoms with Crippen molar-refractivity contribution < 1.29 is 33.3 Å². The van der Waals surface area contributed by atoms with Gasteiger partial charge in [-0.2, -0.15) is 0 Å². The zero-order valence-corrected chi connectivity index (χ0v) is 20.1. The molecule has 4 aromatic rings. The maximum atomic E-state index is 12.4. The summed E-state index contributed by atoms with van der Waals surface area (Å²) in [5.41, 5.74) is 1.84. The Labute approximate surface area is 204 Å². The highest BCUT2D eigenvalue weighted by Gasteiger charge is 2.23. The van der Waals surface area contributed by atoms with Gasteiger partial charge in [0, 0.05) is 5.56 Å². The average Bonchev–Trinajstić information content (AvgIpc) is 3.53. The van der Waals surface area contributed by atoms with E-state index in [1.807, 2.05) is 18.2 Å². The van der Waals surface area contributed by atoms with Gasteiger partial charge in [-0.1, -0.05) is 23.9 Å². The lowest BCUT2D eigenvalue weighted by molar-refractivity contribution is -0.133. The molecule has 0 saturated heterocycles. The third-order valence-electron chi connectivity index (χ3n) is 4.95. The van der Waals surface area contributed by atoms with Gasteiger partial charge in [0.05, 0.1) is 45.2 Å². The number of imidazole rings is 1. The van der Waals surface area contributed by atoms with Crippen molar-refractivity contribution in [1.29, 1.82) is 0 Å². The molecule has 2 aromatic heterocycles. The maximum absolute atomic E-state index is 12.4. The smallest absolute Gasteiger partial charge is 0.345 e. The van der Waals surface area contributed by atoms with Gasteiger partial charge >= 0.3 is 5.97 Å². The predicted octanol–water partition coefficient (Wildman–Crippen LogP) is 3.87. The molecule has 2 N–H and O–H groups in total. The zero-order valence-electron chi connectivity index (χ0n) is 19.3. The highest BCUT2D eigenvalue weighted by Crippen LogP contribution is 2.41. The summed E-state index contributed by atoms with van der Waals surface area (Å²) in [7, 11) is 5.75. The van der Waals surface area contributed by atoms with Crippen LogP contribution >= 0.6 is 11.8 Å². The Kier molecular flexibility index (Phi) is 7.11. The van der Waals surface area contributed by atoms with Crippen LogP contribution in [0.1, 0.15) is 5.82 Å². The molecule has 0 fully saturated rings. The summed E-state index contributed by atoms with van der Waals surface area (Å²) in [4.78, 5) is 19.8. The third-order valence-corrected chi connectivity index (χ3v) is 5.78. The van der Waals surface area contributed by atoms with Crippen molar-refractivity contribution in [3.8, 4) is 28.7 Å². The molecule has 2 aromatic carbocycles. The number of thioether (sulfide) groups is 1. The van der Waals surface area contributed by atoms with Gasteiger partial charge in [0.2, 0.25) is 11.6 Å². The van der Waals surface area contributed by atoms with E-state index in [2.05, 4.69) is 20.2 Å². The van der Waals surface area contributed by atoms with E-state index in [1.54, 1.807) is 18.2 Å². The molecule has 0 saturated carbocycles. The molecule has 0 aliphatic rings. The summed E-state index contributed by atoms with van der Waals surface area (Å²) in [5.74, 6) is 0.675. The van der Waals surface area contributed by atoms with Crippen LogP contribution in [0.3, 0.4) is 0 Å². The lowest BCUT2D eigenvalue weighted by atomic mass is 10.2. The van der Waals surface area contributed by atoms with E-state index in [-0.39, 0.29) is 34.0 Å². The molecule has 0 amide bonds. The second-order valence-corrected chi connectivity index (χ2v) is 7.92. The van der Waals surface area contributed by atoms with Crippen LogP contribution in [-0.4, -0.2) is 65.4 Å². The molecule has 4 rings (SSSR count). The molecule has 35 heavy (non-hydrogen) atoms. The number of nitrogens with one attached hydrogen (secondary N) is 1. The van der Waals surface area contributed by atoms with E-state index in [1.165, 1.54) is 28.4 Å². The minimum atomic E-state index is -0.731. The number of carbonyl (C=O) groups is 1. The summed E-state index contributed by atoms with van der Waals surface area (Å²) in [6.07, 6.45) is 0. The number of hydrogen-bond donors (Lipinski definition) is 2. The molecule has 0 radical (unpaired) electrons. The Balaban J connectivity index is 1.59. The molecular formula is C23H22N4O7S. The number of hydrogen-bond acceptors (Lipinski definition) is 11. The number of para-hydroxylation sites is 2. The molecule has 0 atom stereocenters. The first kappa shape index (κ1) is 24.0. The molecule has 0 bridgehead atoms. The summed E-state index contributed by atoms with van der Waals surface area (Å²) in [5, 5.41) is 19.0. The van der Waals surface area contributed by atoms with Gasteiger partial charge in [-0.15, -0.1) is 10.2 Å². The number of esters is 1. The summed E-state index contributed by atoms with van der Waals surface area (Å²) < 4.78 is 26.6. The number of fused-ring (bicyclic) bond motifs is 1. The number of aromatic nitrogens is 4. The standard InChI is InChI=1S/C23H22N4O7S/c1-30-16-9-12(10-17(31-2)19(16)32-3)21-26-27-23(34-21)35-11-15(28)18(22(29)33-4)20-24-13-7-5-6-8-14(13)25-20/h5-10,28H,11H2,1-4H3,(H,24,25)/b18-15+. The molecule has 11 nitrogen and oxygen atoms in total. The topological polar surface area (TPSA) is 142 Å². The van der Waals surface area contributed by atoms with Gasteiger partial charge in [0.1, 0.15) is 17.2 Å². The number of rotatable bonds is 9. The van der Waals surface area contributed by atoms with Crippen molar-refractivity contribution in [3.05, 3.63) is 48.0 Å². The highest BCUT2D eigenvalue weighted by molar-refractivity contribution is 7.99. The quantitative estimate of drug-likeness (QED) is 0.150. The number of H-pyrrole nitrogens is 1. The Morgan fingerprint density at radius 2 is 1.77 bits per heavy atom. The van der Waals surface area contributed by atoms with Crippen molar-refractivity contribution in [2.24, 2.45) is 0 Å². The molecule has 12 heteroatoms. The monoisotopic (exact) mass is 498 g/mol. The van der Waals surface area contributed by atoms with E-state index in [4.69, 9.17) is 23.4 Å². The van der Waals surface area contributed by atoms with Gasteiger partial charge < -0.3 is 33.5 Å². The molecule has 0 unspecified atom stereocenters. The minimum absolute atomic E-state index is 0.0433. The highest BCUT2D eigenvalue weighted by atomic mass is 32.2. The summed E-state index contributed by atoms with van der Waals surface area (Å²) in [6.45, 7) is 0. The number of aliphatic hydroxyl groups is 1. The number of nitrogens with zero attached hydrogens (tertiary/aromatic N) is 3. The van der Waals surface area contributed by atoms with Crippen LogP contribution in [-0.2, 0) is 9.53 Å². The third kappa shape index (κ3) is 4.87. The fourth-order valence-electron chi connectivity index (χ4n) is 3.32. The molecule has 0 aliphatic carbocycles. The van der Waals surface area contributed by atoms with Crippen LogP contribution in [0.2, 0.25) is 0 Å². The lowest BCUT2D eigenvalue weighted by Gasteiger charge is -2.12. The Hall–Kier alpha value is -4.19. The minimum Gasteiger partial charge on any atom is -0.510 e. The van der Waals surface area contributed by atoms with E-state index in [0.29, 0.717) is 28.3 Å².